The van der Waals surface area contributed by atoms with Crippen LogP contribution in [-0.2, 0) is 23.9 Å². The van der Waals surface area contributed by atoms with Gasteiger partial charge >= 0.3 is 5.97 Å². The van der Waals surface area contributed by atoms with Gasteiger partial charge in [0.25, 0.3) is 5.91 Å². The second-order valence-corrected chi connectivity index (χ2v) is 12.4. The van der Waals surface area contributed by atoms with Gasteiger partial charge in [0.05, 0.1) is 37.2 Å². The zero-order valence-corrected chi connectivity index (χ0v) is 25.5. The Hall–Kier alpha value is -2.98. The first-order valence-electron chi connectivity index (χ1n) is 14.0. The van der Waals surface area contributed by atoms with E-state index in [0.717, 1.165) is 0 Å². The van der Waals surface area contributed by atoms with E-state index in [9.17, 15) is 19.5 Å². The number of aliphatic hydroxyl groups is 1. The lowest BCUT2D eigenvalue weighted by Gasteiger charge is -2.39. The summed E-state index contributed by atoms with van der Waals surface area (Å²) in [5, 5.41) is 11.2. The quantitative estimate of drug-likeness (QED) is 0.152. The van der Waals surface area contributed by atoms with Crippen molar-refractivity contribution < 1.29 is 29.0 Å². The number of carbonyl (C=O) groups is 3. The maximum Gasteiger partial charge on any atom is 0.312 e. The molecule has 0 aliphatic carbocycles. The average Bonchev–Trinajstić information content (AvgIpc) is 3.59. The van der Waals surface area contributed by atoms with Gasteiger partial charge in [0, 0.05) is 22.1 Å². The highest BCUT2D eigenvalue weighted by Gasteiger charge is 2.77. The third-order valence-corrected chi connectivity index (χ3v) is 9.54. The molecule has 2 aromatic rings. The highest BCUT2D eigenvalue weighted by atomic mass is 79.9. The van der Waals surface area contributed by atoms with Crippen molar-refractivity contribution in [1.29, 1.82) is 0 Å². The summed E-state index contributed by atoms with van der Waals surface area (Å²) >= 11 is 9.81. The van der Waals surface area contributed by atoms with Crippen molar-refractivity contribution in [3.63, 3.8) is 0 Å². The highest BCUT2D eigenvalue weighted by molar-refractivity contribution is 9.09. The van der Waals surface area contributed by atoms with E-state index in [1.165, 1.54) is 9.80 Å². The lowest BCUT2D eigenvalue weighted by atomic mass is 9.70. The predicted molar refractivity (Wildman–Crippen MR) is 163 cm³/mol. The zero-order valence-electron chi connectivity index (χ0n) is 23.1. The van der Waals surface area contributed by atoms with Gasteiger partial charge in [0.2, 0.25) is 5.91 Å². The first kappa shape index (κ1) is 30.5. The Kier molecular flexibility index (Phi) is 9.23. The van der Waals surface area contributed by atoms with Gasteiger partial charge in [-0.05, 0) is 49.1 Å². The second kappa shape index (κ2) is 12.7. The molecule has 2 bridgehead atoms. The number of esters is 1. The number of unbranched alkanes of at least 4 members (excludes halogenated alkanes) is 1. The van der Waals surface area contributed by atoms with Crippen molar-refractivity contribution in [2.24, 2.45) is 11.8 Å². The third-order valence-electron chi connectivity index (χ3n) is 8.44. The van der Waals surface area contributed by atoms with E-state index in [2.05, 4.69) is 29.1 Å². The van der Waals surface area contributed by atoms with Crippen LogP contribution in [-0.4, -0.2) is 70.1 Å². The van der Waals surface area contributed by atoms with E-state index in [-0.39, 0.29) is 18.0 Å². The number of fused-ring (bicyclic) bond motifs is 1. The van der Waals surface area contributed by atoms with Gasteiger partial charge < -0.3 is 24.4 Å². The number of nitrogens with zero attached hydrogens (tertiary/aromatic N) is 2. The van der Waals surface area contributed by atoms with Crippen molar-refractivity contribution in [2.75, 3.05) is 24.7 Å². The molecule has 3 heterocycles. The number of carbonyl (C=O) groups excluding carboxylic acids is 3. The Morgan fingerprint density at radius 2 is 1.90 bits per heavy atom. The summed E-state index contributed by atoms with van der Waals surface area (Å²) in [5.74, 6) is -3.20. The first-order valence-corrected chi connectivity index (χ1v) is 15.3. The Labute approximate surface area is 259 Å². The van der Waals surface area contributed by atoms with Gasteiger partial charge in [-0.2, -0.15) is 0 Å². The maximum absolute atomic E-state index is 14.7. The number of allylic oxidation sites excluding steroid dienone is 1. The molecule has 222 valence electrons. The van der Waals surface area contributed by atoms with Crippen molar-refractivity contribution in [3.05, 3.63) is 90.5 Å². The summed E-state index contributed by atoms with van der Waals surface area (Å²) in [4.78, 5) is 45.4. The normalized spacial score (nSPS) is 28.3. The lowest BCUT2D eigenvalue weighted by molar-refractivity contribution is -0.155. The number of hydrogen-bond acceptors (Lipinski definition) is 6. The average molecular weight is 658 g/mol. The molecule has 2 aromatic carbocycles. The number of aliphatic hydroxyl groups excluding tert-OH is 1. The Morgan fingerprint density at radius 3 is 2.55 bits per heavy atom. The summed E-state index contributed by atoms with van der Waals surface area (Å²) in [6.07, 6.45) is 4.34. The van der Waals surface area contributed by atoms with Crippen molar-refractivity contribution in [3.8, 4) is 0 Å². The second-order valence-electron chi connectivity index (χ2n) is 10.8. The Bertz CT molecular complexity index is 1340. The van der Waals surface area contributed by atoms with E-state index >= 15 is 0 Å². The molecular weight excluding hydrogens is 624 g/mol. The Morgan fingerprint density at radius 1 is 1.19 bits per heavy atom. The molecule has 10 heteroatoms. The number of amides is 2. The molecule has 7 atom stereocenters. The molecule has 2 amide bonds. The molecular formula is C32H34BrClN2O6. The SMILES string of the molecule is C=CCCCOC(=O)[C@H]1[C@H]2C(=O)N([C@H](CO)c3ccccc3)C(C(=O)N(CC=C)c3ccc(Cl)cc3)C23CC(Br)[C@@H]1O3. The summed E-state index contributed by atoms with van der Waals surface area (Å²) in [7, 11) is 0. The molecule has 3 aliphatic rings. The van der Waals surface area contributed by atoms with E-state index in [1.54, 1.807) is 48.6 Å². The van der Waals surface area contributed by atoms with Crippen LogP contribution in [0.2, 0.25) is 5.02 Å². The molecule has 3 saturated heterocycles. The summed E-state index contributed by atoms with van der Waals surface area (Å²) < 4.78 is 12.2. The van der Waals surface area contributed by atoms with E-state index in [1.807, 2.05) is 18.2 Å². The molecule has 42 heavy (non-hydrogen) atoms. The molecule has 3 aliphatic heterocycles. The van der Waals surface area contributed by atoms with Crippen LogP contribution in [0.1, 0.15) is 30.9 Å². The topological polar surface area (TPSA) is 96.4 Å². The number of ether oxygens (including phenoxy) is 2. The van der Waals surface area contributed by atoms with E-state index < -0.39 is 60.0 Å². The summed E-state index contributed by atoms with van der Waals surface area (Å²) in [6.45, 7) is 7.46. The van der Waals surface area contributed by atoms with E-state index in [0.29, 0.717) is 35.5 Å². The molecule has 8 nitrogen and oxygen atoms in total. The summed E-state index contributed by atoms with van der Waals surface area (Å²) in [6, 6.07) is 13.9. The minimum Gasteiger partial charge on any atom is -0.465 e. The van der Waals surface area contributed by atoms with Gasteiger partial charge in [-0.15, -0.1) is 13.2 Å². The number of rotatable bonds is 12. The van der Waals surface area contributed by atoms with Crippen LogP contribution >= 0.6 is 27.5 Å². The predicted octanol–water partition coefficient (Wildman–Crippen LogP) is 4.85. The molecule has 1 spiro atoms. The fourth-order valence-electron chi connectivity index (χ4n) is 6.70. The van der Waals surface area contributed by atoms with Gasteiger partial charge in [-0.3, -0.25) is 14.4 Å². The summed E-state index contributed by atoms with van der Waals surface area (Å²) in [5.41, 5.74) is -0.0815. The van der Waals surface area contributed by atoms with Crippen LogP contribution in [0.3, 0.4) is 0 Å². The van der Waals surface area contributed by atoms with Crippen molar-refractivity contribution >= 4 is 51.0 Å². The van der Waals surface area contributed by atoms with Crippen molar-refractivity contribution in [2.45, 2.75) is 47.9 Å². The molecule has 3 unspecified atom stereocenters. The molecule has 0 radical (unpaired) electrons. The van der Waals surface area contributed by atoms with Crippen LogP contribution in [0, 0.1) is 11.8 Å². The van der Waals surface area contributed by atoms with Gasteiger partial charge in [0.15, 0.2) is 0 Å². The highest BCUT2D eigenvalue weighted by Crippen LogP contribution is 2.61. The van der Waals surface area contributed by atoms with E-state index in [4.69, 9.17) is 21.1 Å². The fourth-order valence-corrected chi connectivity index (χ4v) is 7.77. The van der Waals surface area contributed by atoms with Gasteiger partial charge in [0.1, 0.15) is 11.6 Å². The largest absolute Gasteiger partial charge is 0.465 e. The van der Waals surface area contributed by atoms with Crippen molar-refractivity contribution in [1.82, 2.24) is 4.90 Å². The van der Waals surface area contributed by atoms with Crippen LogP contribution in [0.5, 0.6) is 0 Å². The minimum atomic E-state index is -1.31. The molecule has 0 aromatic heterocycles. The van der Waals surface area contributed by atoms with Gasteiger partial charge in [-0.25, -0.2) is 0 Å². The third kappa shape index (κ3) is 5.21. The number of halogens is 2. The first-order chi connectivity index (χ1) is 20.3. The zero-order chi connectivity index (χ0) is 30.0. The standard InChI is InChI=1S/C32H34BrClN2O6/c1-3-5-9-17-41-31(40)25-26-29(38)36(24(19-37)20-10-7-6-8-11-20)28(32(26)18-23(33)27(25)42-32)30(39)35(16-4-2)22-14-12-21(34)13-15-22/h3-4,6-8,10-15,23-28,37H,1-2,5,9,16-19H2/t23?,24-,25+,26+,27+,28?,32?/m1/s1. The number of benzene rings is 2. The smallest absolute Gasteiger partial charge is 0.312 e. The van der Waals surface area contributed by atoms with Crippen LogP contribution in [0.25, 0.3) is 0 Å². The monoisotopic (exact) mass is 656 g/mol. The molecule has 5 rings (SSSR count). The molecule has 1 N–H and O–H groups in total. The maximum atomic E-state index is 14.7. The molecule has 0 saturated carbocycles. The Balaban J connectivity index is 1.60. The van der Waals surface area contributed by atoms with Gasteiger partial charge in [-0.1, -0.05) is 70.0 Å². The number of anilines is 1. The van der Waals surface area contributed by atoms with Crippen LogP contribution in [0.15, 0.2) is 79.9 Å². The van der Waals surface area contributed by atoms with Crippen LogP contribution in [0.4, 0.5) is 5.69 Å². The minimum absolute atomic E-state index is 0.158. The van der Waals surface area contributed by atoms with Crippen LogP contribution < -0.4 is 4.90 Å². The number of alkyl halides is 1. The fraction of sp³-hybridized carbons (Fsp3) is 0.406. The lowest BCUT2D eigenvalue weighted by Crippen LogP contribution is -2.57. The number of hydrogen-bond donors (Lipinski definition) is 1. The number of likely N-dealkylation sites (tertiary alicyclic amines) is 1. The molecule has 3 fully saturated rings.